The molecule has 6 nitrogen and oxygen atoms in total. The third-order valence-electron chi connectivity index (χ3n) is 4.42. The number of nitrogens with zero attached hydrogens (tertiary/aromatic N) is 4. The quantitative estimate of drug-likeness (QED) is 0.664. The number of nitrogens with one attached hydrogen (secondary N) is 1. The van der Waals surface area contributed by atoms with E-state index in [1.165, 1.54) is 17.4 Å². The minimum absolute atomic E-state index is 0.0295. The highest BCUT2D eigenvalue weighted by molar-refractivity contribution is 8.00. The summed E-state index contributed by atoms with van der Waals surface area (Å²) in [6, 6.07) is 8.38. The van der Waals surface area contributed by atoms with Crippen LogP contribution in [0.2, 0.25) is 0 Å². The molecule has 0 aliphatic carbocycles. The summed E-state index contributed by atoms with van der Waals surface area (Å²) < 4.78 is 1.95. The van der Waals surface area contributed by atoms with Crippen LogP contribution in [0.4, 0.5) is 5.69 Å². The van der Waals surface area contributed by atoms with Gasteiger partial charge in [0.25, 0.3) is 0 Å². The van der Waals surface area contributed by atoms with E-state index in [1.807, 2.05) is 18.5 Å². The zero-order chi connectivity index (χ0) is 20.0. The molecule has 1 aromatic heterocycles. The van der Waals surface area contributed by atoms with Crippen molar-refractivity contribution in [1.29, 1.82) is 0 Å². The molecule has 0 bridgehead atoms. The molecule has 1 heterocycles. The molecule has 2 aromatic rings. The zero-order valence-electron chi connectivity index (χ0n) is 17.2. The van der Waals surface area contributed by atoms with Crippen LogP contribution in [-0.4, -0.2) is 45.6 Å². The summed E-state index contributed by atoms with van der Waals surface area (Å²) in [5.41, 5.74) is 2.22. The maximum absolute atomic E-state index is 12.2. The van der Waals surface area contributed by atoms with Gasteiger partial charge in [0.2, 0.25) is 5.91 Å². The molecule has 1 aromatic carbocycles. The standard InChI is InChI=1S/C20H31N5OS/c1-7-25(8-2)17-11-9-16(10-12-17)18-22-23-20(24(18)6)27-15(5)19(26)21-13-14(3)4/h9-12,14-15H,7-8,13H2,1-6H3,(H,21,26). The molecule has 0 aliphatic heterocycles. The van der Waals surface area contributed by atoms with Crippen molar-refractivity contribution in [2.24, 2.45) is 13.0 Å². The van der Waals surface area contributed by atoms with Crippen LogP contribution < -0.4 is 10.2 Å². The van der Waals surface area contributed by atoms with E-state index in [4.69, 9.17) is 0 Å². The molecule has 0 aliphatic rings. The number of amides is 1. The van der Waals surface area contributed by atoms with Crippen molar-refractivity contribution in [3.05, 3.63) is 24.3 Å². The lowest BCUT2D eigenvalue weighted by molar-refractivity contribution is -0.120. The summed E-state index contributed by atoms with van der Waals surface area (Å²) >= 11 is 1.43. The Hall–Kier alpha value is -2.02. The van der Waals surface area contributed by atoms with Crippen molar-refractivity contribution in [2.75, 3.05) is 24.5 Å². The number of aromatic nitrogens is 3. The van der Waals surface area contributed by atoms with Crippen LogP contribution in [-0.2, 0) is 11.8 Å². The van der Waals surface area contributed by atoms with Gasteiger partial charge in [0.1, 0.15) is 0 Å². The smallest absolute Gasteiger partial charge is 0.233 e. The Kier molecular flexibility index (Phi) is 7.71. The second-order valence-corrected chi connectivity index (χ2v) is 8.29. The van der Waals surface area contributed by atoms with Gasteiger partial charge in [0.05, 0.1) is 5.25 Å². The molecule has 0 spiro atoms. The highest BCUT2D eigenvalue weighted by atomic mass is 32.2. The van der Waals surface area contributed by atoms with E-state index in [-0.39, 0.29) is 11.2 Å². The zero-order valence-corrected chi connectivity index (χ0v) is 18.0. The van der Waals surface area contributed by atoms with Crippen LogP contribution in [0, 0.1) is 5.92 Å². The minimum Gasteiger partial charge on any atom is -0.372 e. The molecular weight excluding hydrogens is 358 g/mol. The summed E-state index contributed by atoms with van der Waals surface area (Å²) in [5, 5.41) is 12.1. The van der Waals surface area contributed by atoms with Gasteiger partial charge in [-0.3, -0.25) is 4.79 Å². The van der Waals surface area contributed by atoms with E-state index in [2.05, 4.69) is 72.4 Å². The molecule has 0 radical (unpaired) electrons. The maximum atomic E-state index is 12.2. The van der Waals surface area contributed by atoms with Crippen molar-refractivity contribution in [2.45, 2.75) is 45.0 Å². The molecule has 148 valence electrons. The normalized spacial score (nSPS) is 12.3. The van der Waals surface area contributed by atoms with Crippen LogP contribution in [0.1, 0.15) is 34.6 Å². The SMILES string of the molecule is CCN(CC)c1ccc(-c2nnc(SC(C)C(=O)NCC(C)C)n2C)cc1. The van der Waals surface area contributed by atoms with Gasteiger partial charge in [-0.1, -0.05) is 25.6 Å². The van der Waals surface area contributed by atoms with Crippen molar-refractivity contribution in [3.63, 3.8) is 0 Å². The van der Waals surface area contributed by atoms with Gasteiger partial charge in [-0.05, 0) is 51.0 Å². The van der Waals surface area contributed by atoms with E-state index in [9.17, 15) is 4.79 Å². The van der Waals surface area contributed by atoms with Crippen molar-refractivity contribution < 1.29 is 4.79 Å². The van der Waals surface area contributed by atoms with Gasteiger partial charge >= 0.3 is 0 Å². The lowest BCUT2D eigenvalue weighted by Crippen LogP contribution is -2.33. The molecule has 1 unspecified atom stereocenters. The average Bonchev–Trinajstić information content (AvgIpc) is 3.01. The summed E-state index contributed by atoms with van der Waals surface area (Å²) in [6.07, 6.45) is 0. The third kappa shape index (κ3) is 5.48. The Labute approximate surface area is 166 Å². The van der Waals surface area contributed by atoms with Crippen LogP contribution in [0.25, 0.3) is 11.4 Å². The van der Waals surface area contributed by atoms with E-state index < -0.39 is 0 Å². The van der Waals surface area contributed by atoms with Crippen molar-refractivity contribution >= 4 is 23.4 Å². The largest absolute Gasteiger partial charge is 0.372 e. The number of hydrogen-bond donors (Lipinski definition) is 1. The number of carbonyl (C=O) groups excluding carboxylic acids is 1. The summed E-state index contributed by atoms with van der Waals surface area (Å²) in [4.78, 5) is 14.5. The monoisotopic (exact) mass is 389 g/mol. The first-order chi connectivity index (χ1) is 12.9. The number of hydrogen-bond acceptors (Lipinski definition) is 5. The van der Waals surface area contributed by atoms with Crippen molar-refractivity contribution in [3.8, 4) is 11.4 Å². The summed E-state index contributed by atoms with van der Waals surface area (Å²) in [7, 11) is 1.94. The summed E-state index contributed by atoms with van der Waals surface area (Å²) in [6.45, 7) is 13.0. The average molecular weight is 390 g/mol. The third-order valence-corrected chi connectivity index (χ3v) is 5.56. The van der Waals surface area contributed by atoms with Gasteiger partial charge in [-0.2, -0.15) is 0 Å². The topological polar surface area (TPSA) is 63.1 Å². The number of rotatable bonds is 9. The van der Waals surface area contributed by atoms with Gasteiger partial charge in [-0.25, -0.2) is 0 Å². The van der Waals surface area contributed by atoms with Crippen LogP contribution >= 0.6 is 11.8 Å². The second-order valence-electron chi connectivity index (χ2n) is 6.98. The predicted octanol–water partition coefficient (Wildman–Crippen LogP) is 3.58. The van der Waals surface area contributed by atoms with Gasteiger partial charge in [0.15, 0.2) is 11.0 Å². The molecule has 1 N–H and O–H groups in total. The second kappa shape index (κ2) is 9.78. The number of carbonyl (C=O) groups is 1. The number of benzene rings is 1. The molecule has 0 saturated carbocycles. The molecular formula is C20H31N5OS. The Morgan fingerprint density at radius 1 is 1.15 bits per heavy atom. The van der Waals surface area contributed by atoms with Crippen LogP contribution in [0.3, 0.4) is 0 Å². The van der Waals surface area contributed by atoms with E-state index in [0.717, 1.165) is 29.6 Å². The van der Waals surface area contributed by atoms with Crippen LogP contribution in [0.5, 0.6) is 0 Å². The summed E-state index contributed by atoms with van der Waals surface area (Å²) in [5.74, 6) is 1.27. The van der Waals surface area contributed by atoms with Gasteiger partial charge < -0.3 is 14.8 Å². The van der Waals surface area contributed by atoms with Gasteiger partial charge in [0, 0.05) is 37.9 Å². The first-order valence-corrected chi connectivity index (χ1v) is 10.4. The number of anilines is 1. The molecule has 7 heteroatoms. The Morgan fingerprint density at radius 3 is 2.33 bits per heavy atom. The lowest BCUT2D eigenvalue weighted by Gasteiger charge is -2.21. The fraction of sp³-hybridized carbons (Fsp3) is 0.550. The van der Waals surface area contributed by atoms with E-state index in [0.29, 0.717) is 12.5 Å². The fourth-order valence-corrected chi connectivity index (χ4v) is 3.58. The molecule has 27 heavy (non-hydrogen) atoms. The van der Waals surface area contributed by atoms with Gasteiger partial charge in [-0.15, -0.1) is 10.2 Å². The lowest BCUT2D eigenvalue weighted by atomic mass is 10.2. The molecule has 2 rings (SSSR count). The first-order valence-electron chi connectivity index (χ1n) is 9.56. The minimum atomic E-state index is -0.218. The first kappa shape index (κ1) is 21.3. The highest BCUT2D eigenvalue weighted by Crippen LogP contribution is 2.27. The Bertz CT molecular complexity index is 737. The maximum Gasteiger partial charge on any atom is 0.233 e. The molecule has 0 fully saturated rings. The Morgan fingerprint density at radius 2 is 1.78 bits per heavy atom. The fourth-order valence-electron chi connectivity index (χ4n) is 2.74. The van der Waals surface area contributed by atoms with E-state index >= 15 is 0 Å². The predicted molar refractivity (Wildman–Crippen MR) is 113 cm³/mol. The highest BCUT2D eigenvalue weighted by Gasteiger charge is 2.19. The molecule has 0 saturated heterocycles. The van der Waals surface area contributed by atoms with E-state index in [1.54, 1.807) is 0 Å². The van der Waals surface area contributed by atoms with Crippen molar-refractivity contribution in [1.82, 2.24) is 20.1 Å². The molecule has 1 amide bonds. The number of thioether (sulfide) groups is 1. The molecule has 1 atom stereocenters. The Balaban J connectivity index is 2.09. The van der Waals surface area contributed by atoms with Crippen LogP contribution in [0.15, 0.2) is 29.4 Å².